The number of alkyl halides is 3. The fraction of sp³-hybridized carbons (Fsp3) is 0.448. The summed E-state index contributed by atoms with van der Waals surface area (Å²) in [5.41, 5.74) is 2.34. The molecule has 2 unspecified atom stereocenters. The van der Waals surface area contributed by atoms with Gasteiger partial charge in [-0.05, 0) is 82.5 Å². The van der Waals surface area contributed by atoms with E-state index in [4.69, 9.17) is 9.47 Å². The van der Waals surface area contributed by atoms with Crippen LogP contribution in [0.4, 0.5) is 13.2 Å². The van der Waals surface area contributed by atoms with Gasteiger partial charge in [0.2, 0.25) is 0 Å². The maximum Gasteiger partial charge on any atom is 0.416 e. The van der Waals surface area contributed by atoms with Crippen LogP contribution in [0.3, 0.4) is 0 Å². The molecule has 0 fully saturated rings. The molecule has 0 bridgehead atoms. The summed E-state index contributed by atoms with van der Waals surface area (Å²) < 4.78 is 50.2. The second-order valence-corrected chi connectivity index (χ2v) is 11.8. The molecule has 2 aromatic rings. The smallest absolute Gasteiger partial charge is 0.416 e. The van der Waals surface area contributed by atoms with E-state index in [0.717, 1.165) is 28.8 Å². The van der Waals surface area contributed by atoms with Gasteiger partial charge in [-0.15, -0.1) is 11.8 Å². The van der Waals surface area contributed by atoms with Crippen molar-refractivity contribution in [2.45, 2.75) is 72.1 Å². The van der Waals surface area contributed by atoms with Crippen LogP contribution in [-0.2, 0) is 25.2 Å². The number of carbonyl (C=O) groups is 2. The Morgan fingerprint density at radius 2 is 1.65 bits per heavy atom. The van der Waals surface area contributed by atoms with Crippen molar-refractivity contribution < 1.29 is 32.2 Å². The second-order valence-electron chi connectivity index (χ2n) is 10.7. The van der Waals surface area contributed by atoms with E-state index in [1.165, 1.54) is 23.9 Å². The van der Waals surface area contributed by atoms with Crippen LogP contribution in [0.1, 0.15) is 61.9 Å². The van der Waals surface area contributed by atoms with E-state index in [0.29, 0.717) is 22.0 Å². The molecule has 0 aromatic heterocycles. The van der Waals surface area contributed by atoms with Crippen molar-refractivity contribution in [2.24, 2.45) is 11.3 Å². The van der Waals surface area contributed by atoms with E-state index in [1.807, 2.05) is 39.8 Å². The highest BCUT2D eigenvalue weighted by Crippen LogP contribution is 2.38. The summed E-state index contributed by atoms with van der Waals surface area (Å²) in [4.78, 5) is 26.9. The first-order valence-electron chi connectivity index (χ1n) is 12.1. The lowest BCUT2D eigenvalue weighted by Gasteiger charge is -2.32. The van der Waals surface area contributed by atoms with Crippen molar-refractivity contribution in [2.75, 3.05) is 5.75 Å². The number of halogens is 3. The van der Waals surface area contributed by atoms with Gasteiger partial charge in [-0.2, -0.15) is 13.2 Å². The monoisotopic (exact) mass is 534 g/mol. The van der Waals surface area contributed by atoms with Crippen LogP contribution in [-0.4, -0.2) is 23.8 Å². The van der Waals surface area contributed by atoms with E-state index in [-0.39, 0.29) is 17.9 Å². The number of ether oxygens (including phenoxy) is 2. The van der Waals surface area contributed by atoms with Gasteiger partial charge in [0.25, 0.3) is 0 Å². The molecular weight excluding hydrogens is 501 g/mol. The number of thioether (sulfide) groups is 1. The van der Waals surface area contributed by atoms with Crippen LogP contribution in [0.5, 0.6) is 0 Å². The van der Waals surface area contributed by atoms with Crippen LogP contribution in [0.15, 0.2) is 47.1 Å². The Hall–Kier alpha value is -2.74. The Bertz CT molecular complexity index is 1180. The van der Waals surface area contributed by atoms with E-state index < -0.39 is 35.2 Å². The van der Waals surface area contributed by atoms with Gasteiger partial charge in [0.1, 0.15) is 17.4 Å². The molecule has 0 N–H and O–H groups in total. The first-order chi connectivity index (χ1) is 17.1. The first-order valence-corrected chi connectivity index (χ1v) is 13.1. The van der Waals surface area contributed by atoms with E-state index in [1.54, 1.807) is 20.8 Å². The molecular formula is C29H33F3O4S. The predicted octanol–water partition coefficient (Wildman–Crippen LogP) is 7.67. The number of rotatable bonds is 6. The number of hydrogen-bond acceptors (Lipinski definition) is 5. The molecule has 0 saturated carbocycles. The Labute approximate surface area is 220 Å². The zero-order valence-electron chi connectivity index (χ0n) is 22.2. The lowest BCUT2D eigenvalue weighted by Crippen LogP contribution is -2.34. The SMILES string of the molecule is Cc1cc(C)c(C2=C(OC(=O)C(C)(C)C)CC(C(C)CSc3ccc(C(F)(F)F)cc3)OC2=O)c(C)c1. The number of cyclic esters (lactones) is 1. The summed E-state index contributed by atoms with van der Waals surface area (Å²) >= 11 is 1.38. The summed E-state index contributed by atoms with van der Waals surface area (Å²) in [5.74, 6) is -0.345. The van der Waals surface area contributed by atoms with Crippen LogP contribution in [0.25, 0.3) is 5.57 Å². The number of hydrogen-bond donors (Lipinski definition) is 0. The normalized spacial score (nSPS) is 17.5. The molecule has 1 heterocycles. The lowest BCUT2D eigenvalue weighted by atomic mass is 9.89. The van der Waals surface area contributed by atoms with Crippen molar-refractivity contribution in [3.8, 4) is 0 Å². The third-order valence-electron chi connectivity index (χ3n) is 6.21. The Morgan fingerprint density at radius 3 is 2.16 bits per heavy atom. The Balaban J connectivity index is 1.87. The van der Waals surface area contributed by atoms with Crippen molar-refractivity contribution in [1.29, 1.82) is 0 Å². The average molecular weight is 535 g/mol. The summed E-state index contributed by atoms with van der Waals surface area (Å²) in [5, 5.41) is 0. The molecule has 4 nitrogen and oxygen atoms in total. The summed E-state index contributed by atoms with van der Waals surface area (Å²) in [6.45, 7) is 13.0. The lowest BCUT2D eigenvalue weighted by molar-refractivity contribution is -0.152. The minimum absolute atomic E-state index is 0.152. The molecule has 0 aliphatic carbocycles. The largest absolute Gasteiger partial charge is 0.458 e. The average Bonchev–Trinajstić information content (AvgIpc) is 2.77. The number of carbonyl (C=O) groups excluding carboxylic acids is 2. The molecule has 2 atom stereocenters. The minimum Gasteiger partial charge on any atom is -0.458 e. The Morgan fingerprint density at radius 1 is 1.08 bits per heavy atom. The predicted molar refractivity (Wildman–Crippen MR) is 139 cm³/mol. The van der Waals surface area contributed by atoms with Crippen molar-refractivity contribution in [1.82, 2.24) is 0 Å². The molecule has 1 aliphatic rings. The van der Waals surface area contributed by atoms with Gasteiger partial charge in [-0.25, -0.2) is 4.79 Å². The zero-order valence-corrected chi connectivity index (χ0v) is 23.0. The van der Waals surface area contributed by atoms with Crippen LogP contribution < -0.4 is 0 Å². The molecule has 200 valence electrons. The van der Waals surface area contributed by atoms with E-state index in [2.05, 4.69) is 0 Å². The van der Waals surface area contributed by atoms with Gasteiger partial charge in [-0.3, -0.25) is 4.79 Å². The zero-order chi connectivity index (χ0) is 27.7. The fourth-order valence-corrected chi connectivity index (χ4v) is 5.20. The first kappa shape index (κ1) is 28.8. The standard InChI is InChI=1S/C29H33F3O4S/c1-16-12-17(2)24(18(3)13-16)25-23(36-27(34)28(5,6)7)14-22(35-26(25)33)19(4)15-37-21-10-8-20(9-11-21)29(30,31)32/h8-13,19,22H,14-15H2,1-7H3. The van der Waals surface area contributed by atoms with Crippen molar-refractivity contribution >= 4 is 29.3 Å². The van der Waals surface area contributed by atoms with Crippen LogP contribution in [0, 0.1) is 32.1 Å². The molecule has 3 rings (SSSR count). The van der Waals surface area contributed by atoms with Gasteiger partial charge in [0.05, 0.1) is 11.0 Å². The van der Waals surface area contributed by atoms with Gasteiger partial charge >= 0.3 is 18.1 Å². The third kappa shape index (κ3) is 6.98. The quantitative estimate of drug-likeness (QED) is 0.281. The molecule has 37 heavy (non-hydrogen) atoms. The van der Waals surface area contributed by atoms with E-state index in [9.17, 15) is 22.8 Å². The highest BCUT2D eigenvalue weighted by Gasteiger charge is 2.38. The highest BCUT2D eigenvalue weighted by molar-refractivity contribution is 7.99. The summed E-state index contributed by atoms with van der Waals surface area (Å²) in [7, 11) is 0. The highest BCUT2D eigenvalue weighted by atomic mass is 32.2. The molecule has 0 saturated heterocycles. The van der Waals surface area contributed by atoms with Crippen LogP contribution >= 0.6 is 11.8 Å². The molecule has 1 aliphatic heterocycles. The van der Waals surface area contributed by atoms with Crippen LogP contribution in [0.2, 0.25) is 0 Å². The topological polar surface area (TPSA) is 52.6 Å². The number of benzene rings is 2. The van der Waals surface area contributed by atoms with Gasteiger partial charge in [0, 0.05) is 23.0 Å². The molecule has 8 heteroatoms. The second kappa shape index (κ2) is 10.9. The van der Waals surface area contributed by atoms with Gasteiger partial charge < -0.3 is 9.47 Å². The molecule has 0 radical (unpaired) electrons. The minimum atomic E-state index is -4.38. The maximum atomic E-state index is 13.4. The maximum absolute atomic E-state index is 13.4. The number of aryl methyl sites for hydroxylation is 3. The molecule has 0 amide bonds. The van der Waals surface area contributed by atoms with Crippen molar-refractivity contribution in [3.05, 3.63) is 70.0 Å². The Kier molecular flexibility index (Phi) is 8.52. The third-order valence-corrected chi connectivity index (χ3v) is 7.51. The number of esters is 2. The molecule has 2 aromatic carbocycles. The molecule has 0 spiro atoms. The fourth-order valence-electron chi connectivity index (χ4n) is 4.20. The summed E-state index contributed by atoms with van der Waals surface area (Å²) in [6, 6.07) is 8.93. The van der Waals surface area contributed by atoms with E-state index >= 15 is 0 Å². The van der Waals surface area contributed by atoms with Gasteiger partial charge in [-0.1, -0.05) is 24.6 Å². The van der Waals surface area contributed by atoms with Gasteiger partial charge in [0.15, 0.2) is 0 Å². The van der Waals surface area contributed by atoms with Crippen molar-refractivity contribution in [3.63, 3.8) is 0 Å². The summed E-state index contributed by atoms with van der Waals surface area (Å²) in [6.07, 6.45) is -4.71.